The summed E-state index contributed by atoms with van der Waals surface area (Å²) in [5, 5.41) is 11.6. The lowest BCUT2D eigenvalue weighted by Gasteiger charge is -2.10. The van der Waals surface area contributed by atoms with E-state index in [9.17, 15) is 9.59 Å². The van der Waals surface area contributed by atoms with E-state index in [4.69, 9.17) is 9.47 Å². The lowest BCUT2D eigenvalue weighted by atomic mass is 10.1. The number of carbonyl (C=O) groups is 1. The van der Waals surface area contributed by atoms with Crippen LogP contribution < -0.4 is 20.3 Å². The quantitative estimate of drug-likeness (QED) is 0.499. The van der Waals surface area contributed by atoms with Crippen molar-refractivity contribution in [1.82, 2.24) is 24.9 Å². The number of aromatic amines is 1. The first-order valence-corrected chi connectivity index (χ1v) is 10.5. The smallest absolute Gasteiger partial charge is 0.252 e. The highest BCUT2D eigenvalue weighted by Gasteiger charge is 2.15. The summed E-state index contributed by atoms with van der Waals surface area (Å²) in [6, 6.07) is 7.22. The molecule has 10 heteroatoms. The predicted octanol–water partition coefficient (Wildman–Crippen LogP) is 2.01. The molecule has 160 valence electrons. The molecule has 0 radical (unpaired) electrons. The fourth-order valence-corrected chi connectivity index (χ4v) is 3.79. The molecule has 0 saturated carbocycles. The zero-order valence-electron chi connectivity index (χ0n) is 17.4. The number of benzene rings is 1. The Morgan fingerprint density at radius 2 is 1.97 bits per heavy atom. The second-order valence-corrected chi connectivity index (χ2v) is 7.88. The minimum Gasteiger partial charge on any atom is -0.493 e. The zero-order valence-corrected chi connectivity index (χ0v) is 18.2. The molecule has 0 bridgehead atoms. The first-order valence-electron chi connectivity index (χ1n) is 9.51. The average Bonchev–Trinajstić information content (AvgIpc) is 3.13. The van der Waals surface area contributed by atoms with Crippen LogP contribution in [0.2, 0.25) is 0 Å². The van der Waals surface area contributed by atoms with Crippen molar-refractivity contribution in [1.29, 1.82) is 0 Å². The van der Waals surface area contributed by atoms with Crippen molar-refractivity contribution in [2.45, 2.75) is 31.3 Å². The monoisotopic (exact) mass is 431 g/mol. The van der Waals surface area contributed by atoms with Crippen molar-refractivity contribution in [3.05, 3.63) is 45.9 Å². The van der Waals surface area contributed by atoms with E-state index in [1.165, 1.54) is 17.8 Å². The minimum absolute atomic E-state index is 0.104. The summed E-state index contributed by atoms with van der Waals surface area (Å²) in [7, 11) is 3.19. The van der Waals surface area contributed by atoms with E-state index in [-0.39, 0.29) is 23.1 Å². The van der Waals surface area contributed by atoms with Gasteiger partial charge in [-0.1, -0.05) is 31.7 Å². The first-order chi connectivity index (χ1) is 14.4. The number of thioether (sulfide) groups is 1. The van der Waals surface area contributed by atoms with Crippen molar-refractivity contribution in [3.8, 4) is 11.5 Å². The molecule has 3 aromatic rings. The summed E-state index contributed by atoms with van der Waals surface area (Å²) in [5.41, 5.74) is 1.62. The molecule has 1 aromatic carbocycles. The molecule has 0 spiro atoms. The number of rotatable bonds is 9. The Bertz CT molecular complexity index is 1090. The number of hydrogen-bond acceptors (Lipinski definition) is 7. The molecule has 0 unspecified atom stereocenters. The molecular weight excluding hydrogens is 406 g/mol. The fraction of sp³-hybridized carbons (Fsp3) is 0.400. The number of aromatic nitrogens is 4. The van der Waals surface area contributed by atoms with Gasteiger partial charge in [-0.3, -0.25) is 19.0 Å². The topological polar surface area (TPSA) is 111 Å². The molecule has 0 aliphatic carbocycles. The summed E-state index contributed by atoms with van der Waals surface area (Å²) in [6.07, 6.45) is 0.670. The van der Waals surface area contributed by atoms with Gasteiger partial charge in [-0.25, -0.2) is 0 Å². The van der Waals surface area contributed by atoms with E-state index in [1.807, 2.05) is 32.0 Å². The van der Waals surface area contributed by atoms with E-state index in [1.54, 1.807) is 18.6 Å². The molecule has 0 atom stereocenters. The highest BCUT2D eigenvalue weighted by molar-refractivity contribution is 7.99. The van der Waals surface area contributed by atoms with Crippen LogP contribution in [0.4, 0.5) is 0 Å². The van der Waals surface area contributed by atoms with Gasteiger partial charge in [0.05, 0.1) is 20.0 Å². The van der Waals surface area contributed by atoms with Gasteiger partial charge >= 0.3 is 0 Å². The van der Waals surface area contributed by atoms with Crippen molar-refractivity contribution in [3.63, 3.8) is 0 Å². The zero-order chi connectivity index (χ0) is 21.7. The summed E-state index contributed by atoms with van der Waals surface area (Å²) in [5.74, 6) is 1.92. The predicted molar refractivity (Wildman–Crippen MR) is 115 cm³/mol. The number of amides is 1. The van der Waals surface area contributed by atoms with E-state index < -0.39 is 0 Å². The highest BCUT2D eigenvalue weighted by Crippen LogP contribution is 2.27. The molecule has 30 heavy (non-hydrogen) atoms. The van der Waals surface area contributed by atoms with Crippen LogP contribution in [0.5, 0.6) is 11.5 Å². The van der Waals surface area contributed by atoms with Crippen LogP contribution in [0.15, 0.2) is 34.2 Å². The van der Waals surface area contributed by atoms with E-state index in [2.05, 4.69) is 20.5 Å². The molecule has 0 saturated heterocycles. The number of fused-ring (bicyclic) bond motifs is 1. The Morgan fingerprint density at radius 1 is 1.20 bits per heavy atom. The van der Waals surface area contributed by atoms with Gasteiger partial charge in [0.25, 0.3) is 5.56 Å². The normalized spacial score (nSPS) is 11.1. The van der Waals surface area contributed by atoms with Crippen LogP contribution in [0.25, 0.3) is 5.78 Å². The van der Waals surface area contributed by atoms with Gasteiger partial charge in [-0.2, -0.15) is 0 Å². The molecule has 2 heterocycles. The Morgan fingerprint density at radius 3 is 2.67 bits per heavy atom. The standard InChI is InChI=1S/C20H25N5O4S/c1-12(2)14-10-17(26)22-19-23-24-20(25(14)19)30-11-18(27)21-8-7-13-5-6-15(28-3)16(9-13)29-4/h5-6,9-10,12H,7-8,11H2,1-4H3,(H,21,27)(H,22,23,26). The van der Waals surface area contributed by atoms with E-state index in [0.717, 1.165) is 11.3 Å². The van der Waals surface area contributed by atoms with Gasteiger partial charge in [-0.05, 0) is 30.0 Å². The van der Waals surface area contributed by atoms with Crippen molar-refractivity contribution >= 4 is 23.4 Å². The number of nitrogens with zero attached hydrogens (tertiary/aromatic N) is 3. The van der Waals surface area contributed by atoms with Gasteiger partial charge in [0.15, 0.2) is 16.7 Å². The highest BCUT2D eigenvalue weighted by atomic mass is 32.2. The number of methoxy groups -OCH3 is 2. The number of H-pyrrole nitrogens is 1. The van der Waals surface area contributed by atoms with Gasteiger partial charge in [0.1, 0.15) is 0 Å². The fourth-order valence-electron chi connectivity index (χ4n) is 3.01. The maximum Gasteiger partial charge on any atom is 0.252 e. The van der Waals surface area contributed by atoms with Crippen LogP contribution >= 0.6 is 11.8 Å². The molecule has 0 aliphatic rings. The average molecular weight is 432 g/mol. The maximum absolute atomic E-state index is 12.3. The van der Waals surface area contributed by atoms with Crippen LogP contribution in [0.3, 0.4) is 0 Å². The largest absolute Gasteiger partial charge is 0.493 e. The lowest BCUT2D eigenvalue weighted by molar-refractivity contribution is -0.118. The molecular formula is C20H25N5O4S. The summed E-state index contributed by atoms with van der Waals surface area (Å²) < 4.78 is 12.3. The van der Waals surface area contributed by atoms with Crippen LogP contribution in [0.1, 0.15) is 31.0 Å². The summed E-state index contributed by atoms with van der Waals surface area (Å²) in [6.45, 7) is 4.48. The number of carbonyl (C=O) groups excluding carboxylic acids is 1. The summed E-state index contributed by atoms with van der Waals surface area (Å²) in [4.78, 5) is 26.7. The number of hydrogen-bond donors (Lipinski definition) is 2. The molecule has 1 amide bonds. The van der Waals surface area contributed by atoms with Gasteiger partial charge in [0, 0.05) is 18.3 Å². The SMILES string of the molecule is COc1ccc(CCNC(=O)CSc2nnc3[nH]c(=O)cc(C(C)C)n23)cc1OC. The van der Waals surface area contributed by atoms with Crippen LogP contribution in [0, 0.1) is 0 Å². The maximum atomic E-state index is 12.3. The molecule has 3 rings (SSSR count). The van der Waals surface area contributed by atoms with Crippen molar-refractivity contribution in [2.24, 2.45) is 0 Å². The Balaban J connectivity index is 1.57. The second-order valence-electron chi connectivity index (χ2n) is 6.93. The lowest BCUT2D eigenvalue weighted by Crippen LogP contribution is -2.27. The molecule has 0 fully saturated rings. The van der Waals surface area contributed by atoms with Crippen LogP contribution in [-0.2, 0) is 11.2 Å². The molecule has 0 aliphatic heterocycles. The van der Waals surface area contributed by atoms with Crippen molar-refractivity contribution in [2.75, 3.05) is 26.5 Å². The number of nitrogens with one attached hydrogen (secondary N) is 2. The van der Waals surface area contributed by atoms with Gasteiger partial charge < -0.3 is 14.8 Å². The Labute approximate surface area is 178 Å². The molecule has 2 aromatic heterocycles. The Hall–Kier alpha value is -3.01. The third kappa shape index (κ3) is 4.93. The van der Waals surface area contributed by atoms with Gasteiger partial charge in [0.2, 0.25) is 11.7 Å². The third-order valence-electron chi connectivity index (χ3n) is 4.51. The third-order valence-corrected chi connectivity index (χ3v) is 5.44. The van der Waals surface area contributed by atoms with E-state index >= 15 is 0 Å². The van der Waals surface area contributed by atoms with Crippen LogP contribution in [-0.4, -0.2) is 52.0 Å². The number of ether oxygens (including phenoxy) is 2. The van der Waals surface area contributed by atoms with E-state index in [0.29, 0.717) is 35.4 Å². The second kappa shape index (κ2) is 9.66. The Kier molecular flexibility index (Phi) is 6.99. The molecule has 2 N–H and O–H groups in total. The minimum atomic E-state index is -0.219. The van der Waals surface area contributed by atoms with Crippen molar-refractivity contribution < 1.29 is 14.3 Å². The summed E-state index contributed by atoms with van der Waals surface area (Å²) >= 11 is 1.28. The molecule has 9 nitrogen and oxygen atoms in total. The first kappa shape index (κ1) is 21.7. The van der Waals surface area contributed by atoms with Gasteiger partial charge in [-0.15, -0.1) is 10.2 Å².